The van der Waals surface area contributed by atoms with Gasteiger partial charge < -0.3 is 10.6 Å². The average Bonchev–Trinajstić information content (AvgIpc) is 3.02. The van der Waals surface area contributed by atoms with Crippen molar-refractivity contribution in [2.75, 3.05) is 26.7 Å². The maximum Gasteiger partial charge on any atom is 0.191 e. The molecule has 0 saturated carbocycles. The molecular weight excluding hydrogens is 392 g/mol. The number of benzene rings is 1. The molecule has 1 aliphatic heterocycles. The zero-order chi connectivity index (χ0) is 20.8. The normalized spacial score (nSPS) is 16.2. The van der Waals surface area contributed by atoms with Crippen LogP contribution in [-0.4, -0.2) is 48.6 Å². The molecule has 158 valence electrons. The van der Waals surface area contributed by atoms with Crippen LogP contribution in [-0.2, 0) is 13.0 Å². The van der Waals surface area contributed by atoms with E-state index >= 15 is 0 Å². The Morgan fingerprint density at radius 1 is 1.24 bits per heavy atom. The highest BCUT2D eigenvalue weighted by Gasteiger charge is 2.20. The highest BCUT2D eigenvalue weighted by molar-refractivity contribution is 7.11. The lowest BCUT2D eigenvalue weighted by molar-refractivity contribution is 0.198. The van der Waals surface area contributed by atoms with E-state index in [0.29, 0.717) is 12.6 Å². The van der Waals surface area contributed by atoms with Crippen molar-refractivity contribution in [3.63, 3.8) is 0 Å². The van der Waals surface area contributed by atoms with Gasteiger partial charge in [-0.2, -0.15) is 0 Å². The molecule has 2 aromatic rings. The minimum atomic E-state index is -0.795. The third-order valence-electron chi connectivity index (χ3n) is 5.19. The monoisotopic (exact) mass is 421 g/mol. The molecule has 0 spiro atoms. The quantitative estimate of drug-likeness (QED) is 0.554. The van der Waals surface area contributed by atoms with Crippen molar-refractivity contribution in [1.82, 2.24) is 20.5 Å². The molecule has 1 saturated heterocycles. The molecule has 0 aliphatic carbocycles. The maximum absolute atomic E-state index is 13.4. The summed E-state index contributed by atoms with van der Waals surface area (Å²) in [5.74, 6) is -0.753. The van der Waals surface area contributed by atoms with Crippen molar-refractivity contribution < 1.29 is 8.78 Å². The number of halogens is 2. The molecule has 0 bridgehead atoms. The molecule has 0 radical (unpaired) electrons. The summed E-state index contributed by atoms with van der Waals surface area (Å²) in [6, 6.07) is 4.50. The van der Waals surface area contributed by atoms with E-state index in [-0.39, 0.29) is 0 Å². The lowest BCUT2D eigenvalue weighted by Gasteiger charge is -2.33. The fraction of sp³-hybridized carbons (Fsp3) is 0.524. The van der Waals surface area contributed by atoms with Crippen LogP contribution in [0.3, 0.4) is 0 Å². The third-order valence-corrected chi connectivity index (χ3v) is 6.32. The van der Waals surface area contributed by atoms with Gasteiger partial charge in [-0.15, -0.1) is 11.3 Å². The topological polar surface area (TPSA) is 52.6 Å². The van der Waals surface area contributed by atoms with Gasteiger partial charge in [-0.05, 0) is 44.4 Å². The van der Waals surface area contributed by atoms with Crippen LogP contribution in [0.5, 0.6) is 0 Å². The summed E-state index contributed by atoms with van der Waals surface area (Å²) in [6.07, 6.45) is 2.90. The predicted octanol–water partition coefficient (Wildman–Crippen LogP) is 3.41. The Hall–Kier alpha value is -2.06. The fourth-order valence-electron chi connectivity index (χ4n) is 3.62. The van der Waals surface area contributed by atoms with Gasteiger partial charge in [0.1, 0.15) is 0 Å². The summed E-state index contributed by atoms with van der Waals surface area (Å²) in [6.45, 7) is 7.37. The number of likely N-dealkylation sites (tertiary alicyclic amines) is 1. The van der Waals surface area contributed by atoms with Gasteiger partial charge in [0.05, 0.1) is 10.7 Å². The van der Waals surface area contributed by atoms with Crippen molar-refractivity contribution in [1.29, 1.82) is 0 Å². The van der Waals surface area contributed by atoms with E-state index in [0.717, 1.165) is 61.1 Å². The van der Waals surface area contributed by atoms with Crippen LogP contribution in [0.2, 0.25) is 0 Å². The number of aliphatic imine (C=N–C) groups is 1. The van der Waals surface area contributed by atoms with Gasteiger partial charge in [-0.3, -0.25) is 9.89 Å². The smallest absolute Gasteiger partial charge is 0.191 e. The molecule has 1 fully saturated rings. The second-order valence-corrected chi connectivity index (χ2v) is 8.72. The Kier molecular flexibility index (Phi) is 7.55. The van der Waals surface area contributed by atoms with Crippen LogP contribution in [0, 0.1) is 25.5 Å². The lowest BCUT2D eigenvalue weighted by Crippen LogP contribution is -2.48. The molecule has 2 heterocycles. The number of aromatic nitrogens is 1. The Morgan fingerprint density at radius 3 is 2.62 bits per heavy atom. The summed E-state index contributed by atoms with van der Waals surface area (Å²) in [4.78, 5) is 12.4. The van der Waals surface area contributed by atoms with E-state index in [9.17, 15) is 8.78 Å². The Labute approximate surface area is 175 Å². The zero-order valence-corrected chi connectivity index (χ0v) is 18.1. The third kappa shape index (κ3) is 6.21. The van der Waals surface area contributed by atoms with Crippen LogP contribution in [0.15, 0.2) is 23.2 Å². The summed E-state index contributed by atoms with van der Waals surface area (Å²) in [7, 11) is 1.79. The van der Waals surface area contributed by atoms with Gasteiger partial charge in [0.25, 0.3) is 0 Å². The molecule has 3 rings (SSSR count). The fourth-order valence-corrected chi connectivity index (χ4v) is 4.56. The Bertz CT molecular complexity index is 844. The molecular formula is C21H29F2N5S. The van der Waals surface area contributed by atoms with Crippen LogP contribution >= 0.6 is 11.3 Å². The SMILES string of the molecule is CN=C(NCCc1sc(C)nc1C)NC1CCN(Cc2ccc(F)c(F)c2)CC1. The molecule has 0 atom stereocenters. The van der Waals surface area contributed by atoms with E-state index in [4.69, 9.17) is 0 Å². The molecule has 1 aromatic carbocycles. The highest BCUT2D eigenvalue weighted by atomic mass is 32.1. The van der Waals surface area contributed by atoms with Gasteiger partial charge >= 0.3 is 0 Å². The Morgan fingerprint density at radius 2 is 2.00 bits per heavy atom. The number of thiazole rings is 1. The number of nitrogens with one attached hydrogen (secondary N) is 2. The van der Waals surface area contributed by atoms with E-state index < -0.39 is 11.6 Å². The van der Waals surface area contributed by atoms with Crippen molar-refractivity contribution >= 4 is 17.3 Å². The molecule has 1 aliphatic rings. The first kappa shape index (κ1) is 21.6. The molecule has 5 nitrogen and oxygen atoms in total. The van der Waals surface area contributed by atoms with E-state index in [1.165, 1.54) is 17.0 Å². The second-order valence-electron chi connectivity index (χ2n) is 7.43. The molecule has 0 amide bonds. The van der Waals surface area contributed by atoms with Gasteiger partial charge in [0.2, 0.25) is 0 Å². The molecule has 2 N–H and O–H groups in total. The van der Waals surface area contributed by atoms with E-state index in [2.05, 4.69) is 32.4 Å². The Balaban J connectivity index is 1.40. The van der Waals surface area contributed by atoms with Gasteiger partial charge in [-0.25, -0.2) is 13.8 Å². The second kappa shape index (κ2) is 10.1. The van der Waals surface area contributed by atoms with Crippen LogP contribution in [0.1, 0.15) is 34.0 Å². The molecule has 29 heavy (non-hydrogen) atoms. The van der Waals surface area contributed by atoms with Crippen molar-refractivity contribution in [2.24, 2.45) is 4.99 Å². The van der Waals surface area contributed by atoms with E-state index in [1.807, 2.05) is 6.92 Å². The zero-order valence-electron chi connectivity index (χ0n) is 17.3. The number of piperidine rings is 1. The van der Waals surface area contributed by atoms with Gasteiger partial charge in [-0.1, -0.05) is 6.07 Å². The first-order chi connectivity index (χ1) is 13.9. The minimum absolute atomic E-state index is 0.356. The van der Waals surface area contributed by atoms with Crippen LogP contribution in [0.4, 0.5) is 8.78 Å². The number of nitrogens with zero attached hydrogens (tertiary/aromatic N) is 3. The number of rotatable bonds is 6. The van der Waals surface area contributed by atoms with Crippen LogP contribution < -0.4 is 10.6 Å². The van der Waals surface area contributed by atoms with Crippen molar-refractivity contribution in [3.8, 4) is 0 Å². The number of hydrogen-bond donors (Lipinski definition) is 2. The van der Waals surface area contributed by atoms with E-state index in [1.54, 1.807) is 24.5 Å². The largest absolute Gasteiger partial charge is 0.356 e. The number of aryl methyl sites for hydroxylation is 2. The van der Waals surface area contributed by atoms with Gasteiger partial charge in [0.15, 0.2) is 17.6 Å². The number of hydrogen-bond acceptors (Lipinski definition) is 4. The summed E-state index contributed by atoms with van der Waals surface area (Å²) < 4.78 is 26.5. The summed E-state index contributed by atoms with van der Waals surface area (Å²) >= 11 is 1.75. The van der Waals surface area contributed by atoms with Crippen molar-refractivity contribution in [3.05, 3.63) is 51.0 Å². The summed E-state index contributed by atoms with van der Waals surface area (Å²) in [5.41, 5.74) is 1.92. The van der Waals surface area contributed by atoms with Gasteiger partial charge in [0, 0.05) is 50.6 Å². The average molecular weight is 422 g/mol. The first-order valence-electron chi connectivity index (χ1n) is 10.0. The minimum Gasteiger partial charge on any atom is -0.356 e. The summed E-state index contributed by atoms with van der Waals surface area (Å²) in [5, 5.41) is 8.00. The molecule has 1 aromatic heterocycles. The first-order valence-corrected chi connectivity index (χ1v) is 10.8. The lowest BCUT2D eigenvalue weighted by atomic mass is 10.0. The van der Waals surface area contributed by atoms with Crippen LogP contribution in [0.25, 0.3) is 0 Å². The predicted molar refractivity (Wildman–Crippen MR) is 114 cm³/mol. The maximum atomic E-state index is 13.4. The molecule has 8 heteroatoms. The highest BCUT2D eigenvalue weighted by Crippen LogP contribution is 2.17. The molecule has 0 unspecified atom stereocenters. The standard InChI is InChI=1S/C21H29F2N5S/c1-14-20(29-15(2)26-14)6-9-25-21(24-3)27-17-7-10-28(11-8-17)13-16-4-5-18(22)19(23)12-16/h4-5,12,17H,6-11,13H2,1-3H3,(H2,24,25,27). The van der Waals surface area contributed by atoms with Crippen molar-refractivity contribution in [2.45, 2.75) is 45.7 Å². The number of guanidine groups is 1.